The van der Waals surface area contributed by atoms with Crippen LogP contribution >= 0.6 is 0 Å². The zero-order valence-corrected chi connectivity index (χ0v) is 11.3. The smallest absolute Gasteiger partial charge is 0.412 e. The molecule has 1 aliphatic carbocycles. The van der Waals surface area contributed by atoms with Crippen molar-refractivity contribution in [1.82, 2.24) is 19.7 Å². The fourth-order valence-electron chi connectivity index (χ4n) is 2.68. The number of hydrogen-bond acceptors (Lipinski definition) is 4. The second-order valence-electron chi connectivity index (χ2n) is 4.96. The molecule has 1 aliphatic rings. The summed E-state index contributed by atoms with van der Waals surface area (Å²) in [6, 6.07) is 1.55. The third-order valence-corrected chi connectivity index (χ3v) is 3.64. The molecule has 2 N–H and O–H groups in total. The van der Waals surface area contributed by atoms with Gasteiger partial charge in [-0.2, -0.15) is 5.10 Å². The predicted molar refractivity (Wildman–Crippen MR) is 74.7 cm³/mol. The number of rotatable bonds is 3. The molecule has 0 bridgehead atoms. The largest absolute Gasteiger partial charge is 0.465 e. The number of anilines is 1. The molecule has 3 rings (SSSR count). The zero-order chi connectivity index (χ0) is 14.8. The summed E-state index contributed by atoms with van der Waals surface area (Å²) in [5.74, 6) is 0.255. The maximum absolute atomic E-state index is 12.2. The first kappa shape index (κ1) is 13.3. The molecule has 8 nitrogen and oxygen atoms in total. The first-order chi connectivity index (χ1) is 10.2. The Labute approximate surface area is 120 Å². The molecular formula is C13H15N5O3. The maximum Gasteiger partial charge on any atom is 0.412 e. The Morgan fingerprint density at radius 2 is 2.19 bits per heavy atom. The van der Waals surface area contributed by atoms with E-state index in [0.29, 0.717) is 0 Å². The van der Waals surface area contributed by atoms with E-state index < -0.39 is 11.7 Å². The van der Waals surface area contributed by atoms with Crippen LogP contribution in [0.2, 0.25) is 0 Å². The van der Waals surface area contributed by atoms with E-state index in [2.05, 4.69) is 15.1 Å². The minimum absolute atomic E-state index is 0.0605. The topological polar surface area (TPSA) is 104 Å². The first-order valence-electron chi connectivity index (χ1n) is 6.78. The van der Waals surface area contributed by atoms with E-state index in [0.717, 1.165) is 30.6 Å². The molecule has 0 radical (unpaired) electrons. The van der Waals surface area contributed by atoms with Crippen LogP contribution in [-0.4, -0.2) is 37.0 Å². The van der Waals surface area contributed by atoms with E-state index in [9.17, 15) is 14.7 Å². The standard InChI is InChI=1S/C13H15N5O3/c19-11-10(18(13(20)21)9-4-1-2-5-9)8-14-12(16-11)17-7-3-6-15-17/h3,6-9H,1-2,4-5H2,(H,20,21)(H,14,16,19). The van der Waals surface area contributed by atoms with Crippen molar-refractivity contribution in [3.63, 3.8) is 0 Å². The molecule has 0 spiro atoms. The molecule has 2 aromatic rings. The maximum atomic E-state index is 12.2. The molecule has 21 heavy (non-hydrogen) atoms. The number of carbonyl (C=O) groups is 1. The molecular weight excluding hydrogens is 274 g/mol. The summed E-state index contributed by atoms with van der Waals surface area (Å²) in [7, 11) is 0. The minimum atomic E-state index is -1.12. The van der Waals surface area contributed by atoms with Gasteiger partial charge in [0.2, 0.25) is 5.95 Å². The van der Waals surface area contributed by atoms with Crippen LogP contribution in [-0.2, 0) is 0 Å². The van der Waals surface area contributed by atoms with Crippen LogP contribution in [0.5, 0.6) is 0 Å². The number of H-pyrrole nitrogens is 1. The molecule has 2 heterocycles. The summed E-state index contributed by atoms with van der Waals surface area (Å²) < 4.78 is 1.41. The molecule has 0 atom stereocenters. The van der Waals surface area contributed by atoms with Gasteiger partial charge in [-0.15, -0.1) is 0 Å². The van der Waals surface area contributed by atoms with Gasteiger partial charge in [0.25, 0.3) is 5.56 Å². The second-order valence-corrected chi connectivity index (χ2v) is 4.96. The lowest BCUT2D eigenvalue weighted by atomic mass is 10.2. The normalized spacial score (nSPS) is 15.2. The van der Waals surface area contributed by atoms with Gasteiger partial charge >= 0.3 is 6.09 Å². The lowest BCUT2D eigenvalue weighted by Crippen LogP contribution is -2.41. The van der Waals surface area contributed by atoms with E-state index in [1.54, 1.807) is 18.5 Å². The van der Waals surface area contributed by atoms with Gasteiger partial charge < -0.3 is 5.11 Å². The first-order valence-corrected chi connectivity index (χ1v) is 6.78. The molecule has 1 amide bonds. The average molecular weight is 289 g/mol. The van der Waals surface area contributed by atoms with E-state index in [4.69, 9.17) is 0 Å². The lowest BCUT2D eigenvalue weighted by Gasteiger charge is -2.24. The second kappa shape index (κ2) is 5.39. The summed E-state index contributed by atoms with van der Waals surface area (Å²) >= 11 is 0. The Bertz CT molecular complexity index is 688. The van der Waals surface area contributed by atoms with Gasteiger partial charge in [0.05, 0.1) is 6.20 Å². The summed E-state index contributed by atoms with van der Waals surface area (Å²) in [5, 5.41) is 13.4. The van der Waals surface area contributed by atoms with Crippen molar-refractivity contribution in [2.24, 2.45) is 0 Å². The van der Waals surface area contributed by atoms with E-state index >= 15 is 0 Å². The molecule has 1 fully saturated rings. The molecule has 0 saturated heterocycles. The third-order valence-electron chi connectivity index (χ3n) is 3.64. The van der Waals surface area contributed by atoms with Crippen molar-refractivity contribution in [2.45, 2.75) is 31.7 Å². The van der Waals surface area contributed by atoms with Gasteiger partial charge in [-0.3, -0.25) is 14.7 Å². The van der Waals surface area contributed by atoms with Crippen molar-refractivity contribution in [2.75, 3.05) is 4.90 Å². The third kappa shape index (κ3) is 2.51. The highest BCUT2D eigenvalue weighted by atomic mass is 16.4. The van der Waals surface area contributed by atoms with Crippen molar-refractivity contribution in [3.8, 4) is 5.95 Å². The Kier molecular flexibility index (Phi) is 3.43. The predicted octanol–water partition coefficient (Wildman–Crippen LogP) is 1.38. The number of nitrogens with zero attached hydrogens (tertiary/aromatic N) is 4. The zero-order valence-electron chi connectivity index (χ0n) is 11.3. The van der Waals surface area contributed by atoms with Crippen LogP contribution in [0, 0.1) is 0 Å². The number of carboxylic acid groups (broad SMARTS) is 1. The average Bonchev–Trinajstić information content (AvgIpc) is 3.12. The molecule has 110 valence electrons. The summed E-state index contributed by atoms with van der Waals surface area (Å²) in [4.78, 5) is 31.5. The van der Waals surface area contributed by atoms with E-state index in [-0.39, 0.29) is 17.7 Å². The Morgan fingerprint density at radius 3 is 2.76 bits per heavy atom. The van der Waals surface area contributed by atoms with Crippen molar-refractivity contribution >= 4 is 11.8 Å². The quantitative estimate of drug-likeness (QED) is 0.888. The monoisotopic (exact) mass is 289 g/mol. The van der Waals surface area contributed by atoms with Gasteiger partial charge in [0.15, 0.2) is 0 Å². The van der Waals surface area contributed by atoms with E-state index in [1.807, 2.05) is 0 Å². The molecule has 0 aliphatic heterocycles. The molecule has 8 heteroatoms. The van der Waals surface area contributed by atoms with E-state index in [1.165, 1.54) is 10.9 Å². The number of hydrogen-bond donors (Lipinski definition) is 2. The lowest BCUT2D eigenvalue weighted by molar-refractivity contribution is 0.199. The summed E-state index contributed by atoms with van der Waals surface area (Å²) in [6.07, 6.45) is 6.87. The van der Waals surface area contributed by atoms with Gasteiger partial charge in [-0.1, -0.05) is 12.8 Å². The van der Waals surface area contributed by atoms with Gasteiger partial charge in [0, 0.05) is 18.4 Å². The SMILES string of the molecule is O=C(O)N(c1cnc(-n2cccn2)[nH]c1=O)C1CCCC1. The summed E-state index contributed by atoms with van der Waals surface area (Å²) in [5.41, 5.74) is -0.421. The fourth-order valence-corrected chi connectivity index (χ4v) is 2.68. The Hall–Kier alpha value is -2.64. The highest BCUT2D eigenvalue weighted by molar-refractivity contribution is 5.86. The number of aromatic nitrogens is 4. The highest BCUT2D eigenvalue weighted by Gasteiger charge is 2.29. The van der Waals surface area contributed by atoms with Crippen LogP contribution in [0.4, 0.5) is 10.5 Å². The highest BCUT2D eigenvalue weighted by Crippen LogP contribution is 2.26. The molecule has 0 unspecified atom stereocenters. The fraction of sp³-hybridized carbons (Fsp3) is 0.385. The summed E-state index contributed by atoms with van der Waals surface area (Å²) in [6.45, 7) is 0. The van der Waals surface area contributed by atoms with Crippen LogP contribution < -0.4 is 10.5 Å². The van der Waals surface area contributed by atoms with Gasteiger partial charge in [-0.05, 0) is 18.9 Å². The number of amides is 1. The minimum Gasteiger partial charge on any atom is -0.465 e. The van der Waals surface area contributed by atoms with Crippen LogP contribution in [0.15, 0.2) is 29.5 Å². The van der Waals surface area contributed by atoms with Crippen LogP contribution in [0.3, 0.4) is 0 Å². The van der Waals surface area contributed by atoms with Crippen molar-refractivity contribution < 1.29 is 9.90 Å². The molecule has 0 aromatic carbocycles. The molecule has 1 saturated carbocycles. The number of nitrogens with one attached hydrogen (secondary N) is 1. The Morgan fingerprint density at radius 1 is 1.43 bits per heavy atom. The van der Waals surface area contributed by atoms with Crippen LogP contribution in [0.1, 0.15) is 25.7 Å². The Balaban J connectivity index is 1.97. The van der Waals surface area contributed by atoms with Crippen molar-refractivity contribution in [1.29, 1.82) is 0 Å². The van der Waals surface area contributed by atoms with Crippen LogP contribution in [0.25, 0.3) is 5.95 Å². The molecule has 2 aromatic heterocycles. The van der Waals surface area contributed by atoms with Gasteiger partial charge in [0.1, 0.15) is 5.69 Å². The number of aromatic amines is 1. The van der Waals surface area contributed by atoms with Crippen molar-refractivity contribution in [3.05, 3.63) is 35.0 Å². The van der Waals surface area contributed by atoms with Gasteiger partial charge in [-0.25, -0.2) is 14.5 Å².